The van der Waals surface area contributed by atoms with E-state index in [0.29, 0.717) is 18.0 Å². The fraction of sp³-hybridized carbons (Fsp3) is 0.250. The first-order chi connectivity index (χ1) is 9.22. The van der Waals surface area contributed by atoms with Crippen molar-refractivity contribution in [1.82, 2.24) is 24.7 Å². The predicted octanol–water partition coefficient (Wildman–Crippen LogP) is 1.49. The van der Waals surface area contributed by atoms with Gasteiger partial charge >= 0.3 is 0 Å². The molecule has 0 atom stereocenters. The number of aromatic nitrogens is 5. The van der Waals surface area contributed by atoms with Crippen LogP contribution in [0.5, 0.6) is 0 Å². The highest BCUT2D eigenvalue weighted by molar-refractivity contribution is 5.77. The van der Waals surface area contributed by atoms with Crippen LogP contribution in [0, 0.1) is 5.82 Å². The number of aromatic amines is 1. The lowest BCUT2D eigenvalue weighted by molar-refractivity contribution is 0.629. The Morgan fingerprint density at radius 1 is 1.42 bits per heavy atom. The Kier molecular flexibility index (Phi) is 2.86. The molecule has 0 unspecified atom stereocenters. The van der Waals surface area contributed by atoms with Crippen molar-refractivity contribution in [3.63, 3.8) is 0 Å². The second-order valence-corrected chi connectivity index (χ2v) is 4.28. The molecule has 0 saturated heterocycles. The number of benzene rings is 1. The maximum atomic E-state index is 13.0. The maximum absolute atomic E-state index is 13.0. The summed E-state index contributed by atoms with van der Waals surface area (Å²) >= 11 is 0. The molecule has 3 rings (SSSR count). The van der Waals surface area contributed by atoms with Crippen LogP contribution in [0.3, 0.4) is 0 Å². The lowest BCUT2D eigenvalue weighted by Gasteiger charge is -2.01. The van der Waals surface area contributed by atoms with Crippen LogP contribution in [0.15, 0.2) is 24.5 Å². The van der Waals surface area contributed by atoms with Crippen molar-refractivity contribution in [1.29, 1.82) is 0 Å². The fourth-order valence-corrected chi connectivity index (χ4v) is 1.89. The Balaban J connectivity index is 1.67. The average molecular weight is 260 g/mol. The number of nitrogens with one attached hydrogen (secondary N) is 2. The molecular formula is C12H13FN6. The molecule has 2 aromatic heterocycles. The summed E-state index contributed by atoms with van der Waals surface area (Å²) < 4.78 is 14.9. The first kappa shape index (κ1) is 11.6. The summed E-state index contributed by atoms with van der Waals surface area (Å²) in [5.41, 5.74) is 1.42. The van der Waals surface area contributed by atoms with Crippen molar-refractivity contribution in [3.8, 4) is 0 Å². The number of aryl methyl sites for hydroxylation is 1. The first-order valence-corrected chi connectivity index (χ1v) is 5.94. The number of imidazole rings is 1. The summed E-state index contributed by atoms with van der Waals surface area (Å²) in [5, 5.41) is 11.0. The van der Waals surface area contributed by atoms with E-state index in [4.69, 9.17) is 0 Å². The van der Waals surface area contributed by atoms with Crippen molar-refractivity contribution >= 4 is 17.0 Å². The van der Waals surface area contributed by atoms with Gasteiger partial charge in [-0.15, -0.1) is 10.2 Å². The summed E-state index contributed by atoms with van der Waals surface area (Å²) in [7, 11) is 1.90. The molecule has 0 saturated carbocycles. The molecular weight excluding hydrogens is 247 g/mol. The van der Waals surface area contributed by atoms with Crippen molar-refractivity contribution in [2.75, 3.05) is 11.9 Å². The third kappa shape index (κ3) is 2.40. The SMILES string of the molecule is Cn1cnnc1CCNc1nc2ccc(F)cc2[nH]1. The van der Waals surface area contributed by atoms with Crippen LogP contribution < -0.4 is 5.32 Å². The Morgan fingerprint density at radius 2 is 2.32 bits per heavy atom. The minimum atomic E-state index is -0.276. The van der Waals surface area contributed by atoms with Gasteiger partial charge in [0, 0.05) is 20.0 Å². The second-order valence-electron chi connectivity index (χ2n) is 4.28. The Hall–Kier alpha value is -2.44. The molecule has 6 nitrogen and oxygen atoms in total. The highest BCUT2D eigenvalue weighted by Gasteiger charge is 2.04. The Labute approximate surface area is 108 Å². The van der Waals surface area contributed by atoms with E-state index < -0.39 is 0 Å². The van der Waals surface area contributed by atoms with E-state index in [1.54, 1.807) is 12.4 Å². The van der Waals surface area contributed by atoms with Crippen molar-refractivity contribution in [2.45, 2.75) is 6.42 Å². The number of rotatable bonds is 4. The van der Waals surface area contributed by atoms with Crippen molar-refractivity contribution in [2.24, 2.45) is 7.05 Å². The molecule has 0 radical (unpaired) electrons. The third-order valence-corrected chi connectivity index (χ3v) is 2.89. The largest absolute Gasteiger partial charge is 0.355 e. The number of nitrogens with zero attached hydrogens (tertiary/aromatic N) is 4. The maximum Gasteiger partial charge on any atom is 0.201 e. The van der Waals surface area contributed by atoms with Crippen LogP contribution in [-0.2, 0) is 13.5 Å². The van der Waals surface area contributed by atoms with E-state index >= 15 is 0 Å². The molecule has 98 valence electrons. The third-order valence-electron chi connectivity index (χ3n) is 2.89. The molecule has 0 bridgehead atoms. The molecule has 0 aliphatic heterocycles. The normalized spacial score (nSPS) is 11.1. The molecule has 3 aromatic rings. The zero-order valence-electron chi connectivity index (χ0n) is 10.4. The van der Waals surface area contributed by atoms with Gasteiger partial charge in [-0.05, 0) is 18.2 Å². The molecule has 0 spiro atoms. The number of hydrogen-bond acceptors (Lipinski definition) is 4. The zero-order chi connectivity index (χ0) is 13.2. The summed E-state index contributed by atoms with van der Waals surface area (Å²) in [4.78, 5) is 7.34. The molecule has 2 heterocycles. The van der Waals surface area contributed by atoms with Crippen LogP contribution in [0.1, 0.15) is 5.82 Å². The Bertz CT molecular complexity index is 701. The number of hydrogen-bond donors (Lipinski definition) is 2. The fourth-order valence-electron chi connectivity index (χ4n) is 1.89. The summed E-state index contributed by atoms with van der Waals surface area (Å²) in [6, 6.07) is 4.47. The van der Waals surface area contributed by atoms with E-state index in [1.807, 2.05) is 11.6 Å². The van der Waals surface area contributed by atoms with Gasteiger partial charge in [0.15, 0.2) is 0 Å². The lowest BCUT2D eigenvalue weighted by Crippen LogP contribution is -2.09. The van der Waals surface area contributed by atoms with Gasteiger partial charge < -0.3 is 14.9 Å². The summed E-state index contributed by atoms with van der Waals surface area (Å²) in [6.45, 7) is 0.675. The monoisotopic (exact) mass is 260 g/mol. The van der Waals surface area contributed by atoms with Gasteiger partial charge in [-0.25, -0.2) is 9.37 Å². The van der Waals surface area contributed by atoms with Crippen LogP contribution in [0.4, 0.5) is 10.3 Å². The predicted molar refractivity (Wildman–Crippen MR) is 69.2 cm³/mol. The van der Waals surface area contributed by atoms with Gasteiger partial charge in [0.1, 0.15) is 18.0 Å². The van der Waals surface area contributed by atoms with E-state index in [1.165, 1.54) is 12.1 Å². The number of H-pyrrole nitrogens is 1. The van der Waals surface area contributed by atoms with Crippen LogP contribution in [-0.4, -0.2) is 31.3 Å². The van der Waals surface area contributed by atoms with Gasteiger partial charge in [0.25, 0.3) is 0 Å². The van der Waals surface area contributed by atoms with Crippen LogP contribution in [0.25, 0.3) is 11.0 Å². The number of halogens is 1. The van der Waals surface area contributed by atoms with Crippen LogP contribution >= 0.6 is 0 Å². The molecule has 0 amide bonds. The van der Waals surface area contributed by atoms with E-state index in [-0.39, 0.29) is 5.82 Å². The molecule has 19 heavy (non-hydrogen) atoms. The second kappa shape index (κ2) is 4.68. The standard InChI is InChI=1S/C12H13FN6/c1-19-7-15-18-11(19)4-5-14-12-16-9-3-2-8(13)6-10(9)17-12/h2-3,6-7H,4-5H2,1H3,(H2,14,16,17). The smallest absolute Gasteiger partial charge is 0.201 e. The molecule has 2 N–H and O–H groups in total. The highest BCUT2D eigenvalue weighted by atomic mass is 19.1. The lowest BCUT2D eigenvalue weighted by atomic mass is 10.3. The van der Waals surface area contributed by atoms with E-state index in [9.17, 15) is 4.39 Å². The van der Waals surface area contributed by atoms with Gasteiger partial charge in [0.05, 0.1) is 11.0 Å². The van der Waals surface area contributed by atoms with Gasteiger partial charge in [-0.3, -0.25) is 0 Å². The van der Waals surface area contributed by atoms with Gasteiger partial charge in [0.2, 0.25) is 5.95 Å². The molecule has 0 fully saturated rings. The number of anilines is 1. The average Bonchev–Trinajstić information content (AvgIpc) is 2.95. The zero-order valence-corrected chi connectivity index (χ0v) is 10.4. The minimum Gasteiger partial charge on any atom is -0.355 e. The molecule has 0 aliphatic rings. The first-order valence-electron chi connectivity index (χ1n) is 5.94. The molecule has 1 aromatic carbocycles. The summed E-state index contributed by atoms with van der Waals surface area (Å²) in [5.74, 6) is 1.25. The minimum absolute atomic E-state index is 0.276. The van der Waals surface area contributed by atoms with E-state index in [0.717, 1.165) is 17.8 Å². The van der Waals surface area contributed by atoms with E-state index in [2.05, 4.69) is 25.5 Å². The topological polar surface area (TPSA) is 71.4 Å². The summed E-state index contributed by atoms with van der Waals surface area (Å²) in [6.07, 6.45) is 2.40. The highest BCUT2D eigenvalue weighted by Crippen LogP contribution is 2.15. The van der Waals surface area contributed by atoms with Gasteiger partial charge in [-0.2, -0.15) is 0 Å². The van der Waals surface area contributed by atoms with Crippen LogP contribution in [0.2, 0.25) is 0 Å². The van der Waals surface area contributed by atoms with Crippen molar-refractivity contribution in [3.05, 3.63) is 36.2 Å². The Morgan fingerprint density at radius 3 is 3.11 bits per heavy atom. The van der Waals surface area contributed by atoms with Crippen molar-refractivity contribution < 1.29 is 4.39 Å². The molecule has 0 aliphatic carbocycles. The molecule has 7 heteroatoms. The quantitative estimate of drug-likeness (QED) is 0.745. The van der Waals surface area contributed by atoms with Gasteiger partial charge in [-0.1, -0.05) is 0 Å². The number of fused-ring (bicyclic) bond motifs is 1.